The fourth-order valence-corrected chi connectivity index (χ4v) is 2.66. The molecule has 0 aliphatic carbocycles. The number of hydrogen-bond acceptors (Lipinski definition) is 8. The van der Waals surface area contributed by atoms with E-state index < -0.39 is 5.91 Å². The lowest BCUT2D eigenvalue weighted by molar-refractivity contribution is -0.122. The molecule has 0 atom stereocenters. The van der Waals surface area contributed by atoms with Crippen molar-refractivity contribution < 1.29 is 14.3 Å². The number of carbonyl (C=O) groups excluding carboxylic acids is 1. The second kappa shape index (κ2) is 9.90. The lowest BCUT2D eigenvalue weighted by Crippen LogP contribution is -2.24. The maximum atomic E-state index is 11.8. The number of rotatable bonds is 8. The molecule has 0 fully saturated rings. The van der Waals surface area contributed by atoms with Crippen LogP contribution in [-0.4, -0.2) is 39.4 Å². The van der Waals surface area contributed by atoms with Gasteiger partial charge in [-0.3, -0.25) is 4.79 Å². The van der Waals surface area contributed by atoms with E-state index in [1.165, 1.54) is 13.3 Å². The standard InChI is InChI=1S/C18H17Cl2N7O3/c1-29-16-7-11(8-22-23-17(28)9-27-25-18(21)24-26-27)3-5-15(16)30-10-12-2-4-13(19)14(20)6-12/h2-8H,9-10H2,1H3,(H2,21,25)(H,23,28). The summed E-state index contributed by atoms with van der Waals surface area (Å²) in [7, 11) is 1.53. The molecule has 10 nitrogen and oxygen atoms in total. The van der Waals surface area contributed by atoms with Gasteiger partial charge in [0.25, 0.3) is 11.9 Å². The zero-order chi connectivity index (χ0) is 21.5. The summed E-state index contributed by atoms with van der Waals surface area (Å²) < 4.78 is 11.2. The summed E-state index contributed by atoms with van der Waals surface area (Å²) in [5.41, 5.74) is 9.26. The van der Waals surface area contributed by atoms with Gasteiger partial charge in [0.15, 0.2) is 11.5 Å². The number of hydrogen-bond donors (Lipinski definition) is 2. The maximum absolute atomic E-state index is 11.8. The zero-order valence-corrected chi connectivity index (χ0v) is 17.3. The SMILES string of the molecule is COc1cc(C=NNC(=O)Cn2nnc(N)n2)ccc1OCc1ccc(Cl)c(Cl)c1. The van der Waals surface area contributed by atoms with Gasteiger partial charge in [-0.2, -0.15) is 9.90 Å². The van der Waals surface area contributed by atoms with E-state index in [1.807, 2.05) is 6.07 Å². The van der Waals surface area contributed by atoms with E-state index in [1.54, 1.807) is 30.3 Å². The summed E-state index contributed by atoms with van der Waals surface area (Å²) >= 11 is 11.9. The number of halogens is 2. The van der Waals surface area contributed by atoms with Crippen LogP contribution in [0.15, 0.2) is 41.5 Å². The second-order valence-electron chi connectivity index (χ2n) is 5.92. The molecule has 3 rings (SSSR count). The van der Waals surface area contributed by atoms with E-state index in [-0.39, 0.29) is 19.1 Å². The van der Waals surface area contributed by atoms with Gasteiger partial charge in [0.2, 0.25) is 0 Å². The first-order valence-electron chi connectivity index (χ1n) is 8.54. The van der Waals surface area contributed by atoms with Gasteiger partial charge in [0.05, 0.1) is 23.4 Å². The quantitative estimate of drug-likeness (QED) is 0.398. The van der Waals surface area contributed by atoms with Gasteiger partial charge in [0.1, 0.15) is 13.2 Å². The number of benzene rings is 2. The monoisotopic (exact) mass is 449 g/mol. The molecular weight excluding hydrogens is 433 g/mol. The Labute approximate surface area is 181 Å². The molecule has 0 aliphatic rings. The number of anilines is 1. The third kappa shape index (κ3) is 5.82. The normalized spacial score (nSPS) is 10.9. The smallest absolute Gasteiger partial charge is 0.263 e. The number of tetrazole rings is 1. The van der Waals surface area contributed by atoms with Crippen LogP contribution in [0.25, 0.3) is 0 Å². The van der Waals surface area contributed by atoms with Crippen LogP contribution in [0.3, 0.4) is 0 Å². The van der Waals surface area contributed by atoms with Gasteiger partial charge in [-0.25, -0.2) is 5.43 Å². The first-order chi connectivity index (χ1) is 14.4. The number of nitrogens with two attached hydrogens (primary N) is 1. The maximum Gasteiger partial charge on any atom is 0.263 e. The van der Waals surface area contributed by atoms with Gasteiger partial charge in [-0.15, -0.1) is 5.10 Å². The molecule has 2 aromatic carbocycles. The highest BCUT2D eigenvalue weighted by atomic mass is 35.5. The number of methoxy groups -OCH3 is 1. The molecule has 0 aliphatic heterocycles. The van der Waals surface area contributed by atoms with Crippen molar-refractivity contribution >= 4 is 41.3 Å². The minimum atomic E-state index is -0.433. The molecule has 0 unspecified atom stereocenters. The summed E-state index contributed by atoms with van der Waals surface area (Å²) in [6, 6.07) is 10.5. The van der Waals surface area contributed by atoms with Crippen molar-refractivity contribution in [3.05, 3.63) is 57.6 Å². The van der Waals surface area contributed by atoms with E-state index >= 15 is 0 Å². The molecule has 156 valence electrons. The number of nitrogen functional groups attached to an aromatic ring is 1. The van der Waals surface area contributed by atoms with Crippen molar-refractivity contribution in [3.8, 4) is 11.5 Å². The number of carbonyl (C=O) groups is 1. The molecular formula is C18H17Cl2N7O3. The van der Waals surface area contributed by atoms with E-state index in [9.17, 15) is 4.79 Å². The Morgan fingerprint density at radius 2 is 2.07 bits per heavy atom. The van der Waals surface area contributed by atoms with Crippen molar-refractivity contribution in [3.63, 3.8) is 0 Å². The Bertz CT molecular complexity index is 1070. The van der Waals surface area contributed by atoms with Crippen molar-refractivity contribution in [2.75, 3.05) is 12.8 Å². The molecule has 3 aromatic rings. The Hall–Kier alpha value is -3.37. The predicted octanol–water partition coefficient (Wildman–Crippen LogP) is 2.30. The summed E-state index contributed by atoms with van der Waals surface area (Å²) in [4.78, 5) is 12.9. The predicted molar refractivity (Wildman–Crippen MR) is 112 cm³/mol. The molecule has 3 N–H and O–H groups in total. The molecule has 12 heteroatoms. The fraction of sp³-hybridized carbons (Fsp3) is 0.167. The highest BCUT2D eigenvalue weighted by molar-refractivity contribution is 6.42. The Morgan fingerprint density at radius 3 is 2.77 bits per heavy atom. The molecule has 0 bridgehead atoms. The number of ether oxygens (including phenoxy) is 2. The van der Waals surface area contributed by atoms with E-state index in [0.717, 1.165) is 10.4 Å². The van der Waals surface area contributed by atoms with Crippen molar-refractivity contribution in [2.45, 2.75) is 13.2 Å². The van der Waals surface area contributed by atoms with Crippen LogP contribution in [0.2, 0.25) is 10.0 Å². The lowest BCUT2D eigenvalue weighted by atomic mass is 10.2. The molecule has 1 aromatic heterocycles. The first kappa shape index (κ1) is 21.3. The molecule has 0 saturated carbocycles. The number of amides is 1. The summed E-state index contributed by atoms with van der Waals surface area (Å²) in [6.45, 7) is 0.129. The minimum Gasteiger partial charge on any atom is -0.493 e. The van der Waals surface area contributed by atoms with Crippen molar-refractivity contribution in [2.24, 2.45) is 5.10 Å². The van der Waals surface area contributed by atoms with Crippen LogP contribution in [0.1, 0.15) is 11.1 Å². The van der Waals surface area contributed by atoms with Crippen LogP contribution < -0.4 is 20.6 Å². The van der Waals surface area contributed by atoms with Crippen LogP contribution in [0.4, 0.5) is 5.95 Å². The van der Waals surface area contributed by atoms with E-state index in [4.69, 9.17) is 38.4 Å². The molecule has 1 amide bonds. The highest BCUT2D eigenvalue weighted by Gasteiger charge is 2.08. The van der Waals surface area contributed by atoms with E-state index in [0.29, 0.717) is 27.1 Å². The lowest BCUT2D eigenvalue weighted by Gasteiger charge is -2.11. The minimum absolute atomic E-state index is 0.0140. The molecule has 30 heavy (non-hydrogen) atoms. The van der Waals surface area contributed by atoms with Crippen LogP contribution in [0, 0.1) is 0 Å². The number of hydrazone groups is 1. The topological polar surface area (TPSA) is 130 Å². The average molecular weight is 450 g/mol. The third-order valence-corrected chi connectivity index (χ3v) is 4.46. The van der Waals surface area contributed by atoms with Gasteiger partial charge in [-0.05, 0) is 46.7 Å². The number of nitrogens with one attached hydrogen (secondary N) is 1. The summed E-state index contributed by atoms with van der Waals surface area (Å²) in [6.07, 6.45) is 1.46. The summed E-state index contributed by atoms with van der Waals surface area (Å²) in [5, 5.41) is 15.6. The van der Waals surface area contributed by atoms with E-state index in [2.05, 4.69) is 25.9 Å². The number of nitrogens with zero attached hydrogens (tertiary/aromatic N) is 5. The Morgan fingerprint density at radius 1 is 1.23 bits per heavy atom. The fourth-order valence-electron chi connectivity index (χ4n) is 2.34. The van der Waals surface area contributed by atoms with Crippen molar-refractivity contribution in [1.29, 1.82) is 0 Å². The Kier molecular flexibility index (Phi) is 7.04. The van der Waals surface area contributed by atoms with Crippen molar-refractivity contribution in [1.82, 2.24) is 25.6 Å². The second-order valence-corrected chi connectivity index (χ2v) is 6.73. The number of aromatic nitrogens is 4. The molecule has 0 spiro atoms. The van der Waals surface area contributed by atoms with Gasteiger partial charge < -0.3 is 15.2 Å². The van der Waals surface area contributed by atoms with Gasteiger partial charge in [0, 0.05) is 0 Å². The molecule has 1 heterocycles. The van der Waals surface area contributed by atoms with Crippen LogP contribution >= 0.6 is 23.2 Å². The molecule has 0 saturated heterocycles. The van der Waals surface area contributed by atoms with Crippen LogP contribution in [-0.2, 0) is 17.9 Å². The molecule has 0 radical (unpaired) electrons. The zero-order valence-electron chi connectivity index (χ0n) is 15.7. The van der Waals surface area contributed by atoms with Crippen LogP contribution in [0.5, 0.6) is 11.5 Å². The summed E-state index contributed by atoms with van der Waals surface area (Å²) in [5.74, 6) is 0.601. The largest absolute Gasteiger partial charge is 0.493 e. The third-order valence-electron chi connectivity index (χ3n) is 3.72. The van der Waals surface area contributed by atoms with Gasteiger partial charge >= 0.3 is 0 Å². The highest BCUT2D eigenvalue weighted by Crippen LogP contribution is 2.29. The van der Waals surface area contributed by atoms with Gasteiger partial charge in [-0.1, -0.05) is 34.4 Å². The first-order valence-corrected chi connectivity index (χ1v) is 9.30. The average Bonchev–Trinajstić information content (AvgIpc) is 3.13. The Balaban J connectivity index is 1.58.